The van der Waals surface area contributed by atoms with Crippen molar-refractivity contribution in [2.24, 2.45) is 9.98 Å². The van der Waals surface area contributed by atoms with Crippen molar-refractivity contribution in [2.75, 3.05) is 13.1 Å². The van der Waals surface area contributed by atoms with Crippen molar-refractivity contribution in [3.05, 3.63) is 0 Å². The zero-order valence-corrected chi connectivity index (χ0v) is 23.0. The van der Waals surface area contributed by atoms with Gasteiger partial charge in [0, 0.05) is 37.1 Å². The lowest BCUT2D eigenvalue weighted by Crippen LogP contribution is -2.61. The molecule has 0 radical (unpaired) electrons. The van der Waals surface area contributed by atoms with Crippen LogP contribution in [0, 0.1) is 0 Å². The van der Waals surface area contributed by atoms with Crippen LogP contribution in [0.15, 0.2) is 9.98 Å². The van der Waals surface area contributed by atoms with Gasteiger partial charge in [-0.2, -0.15) is 105 Å². The zero-order chi connectivity index (χ0) is 40.8. The summed E-state index contributed by atoms with van der Waals surface area (Å²) in [5.74, 6) is 0. The molecule has 298 valence electrons. The molecule has 0 spiro atoms. The molecule has 0 aromatic heterocycles. The fourth-order valence-electron chi connectivity index (χ4n) is 3.39. The van der Waals surface area contributed by atoms with Crippen molar-refractivity contribution in [2.45, 2.75) is 97.5 Å². The molecule has 0 rings (SSSR count). The van der Waals surface area contributed by atoms with Crippen LogP contribution in [-0.4, -0.2) is 117 Å². The molecular formula is C20H16F24N2O4. The highest BCUT2D eigenvalue weighted by atomic mass is 19.4. The Labute approximate surface area is 259 Å². The molecule has 0 aliphatic rings. The topological polar surface area (TPSA) is 106 Å². The Balaban J connectivity index is 7.48. The first kappa shape index (κ1) is 47.5. The summed E-state index contributed by atoms with van der Waals surface area (Å²) in [4.78, 5) is 4.57. The van der Waals surface area contributed by atoms with E-state index in [-0.39, 0.29) is 0 Å². The van der Waals surface area contributed by atoms with E-state index in [1.54, 1.807) is 0 Å². The monoisotopic (exact) mass is 804 g/mol. The van der Waals surface area contributed by atoms with Crippen molar-refractivity contribution < 1.29 is 126 Å². The average Bonchev–Trinajstić information content (AvgIpc) is 2.80. The maximum atomic E-state index is 13.1. The van der Waals surface area contributed by atoms with Gasteiger partial charge in [0.2, 0.25) is 0 Å². The van der Waals surface area contributed by atoms with E-state index in [9.17, 15) is 126 Å². The molecule has 0 aromatic rings. The summed E-state index contributed by atoms with van der Waals surface area (Å²) in [5.41, 5.74) is -31.0. The van der Waals surface area contributed by atoms with Crippen molar-refractivity contribution in [1.82, 2.24) is 0 Å². The maximum absolute atomic E-state index is 13.1. The SMILES string of the molecule is OC(CC(CC(O)(C(F)(F)F)C(F)(F)F)=NCCN=C(CC(O)(C(F)(F)F)C(F)(F)F)CC(O)(C(F)(F)F)C(F)(F)F)(C(F)(F)F)C(F)(F)F. The smallest absolute Gasteiger partial charge is 0.373 e. The molecule has 0 unspecified atom stereocenters. The number of aliphatic hydroxyl groups is 4. The second-order valence-corrected chi connectivity index (χ2v) is 10.0. The van der Waals surface area contributed by atoms with Gasteiger partial charge < -0.3 is 20.4 Å². The highest BCUT2D eigenvalue weighted by Gasteiger charge is 2.75. The van der Waals surface area contributed by atoms with Crippen LogP contribution in [0.2, 0.25) is 0 Å². The Morgan fingerprint density at radius 3 is 0.500 bits per heavy atom. The lowest BCUT2D eigenvalue weighted by atomic mass is 9.87. The molecule has 0 aromatic carbocycles. The van der Waals surface area contributed by atoms with Crippen LogP contribution in [0.4, 0.5) is 105 Å². The van der Waals surface area contributed by atoms with Gasteiger partial charge in [0.1, 0.15) is 0 Å². The number of alkyl halides is 24. The Kier molecular flexibility index (Phi) is 13.1. The summed E-state index contributed by atoms with van der Waals surface area (Å²) in [5, 5.41) is 36.7. The molecule has 0 heterocycles. The number of nitrogens with zero attached hydrogens (tertiary/aromatic N) is 2. The first-order valence-electron chi connectivity index (χ1n) is 11.8. The second kappa shape index (κ2) is 13.8. The average molecular weight is 804 g/mol. The molecule has 0 atom stereocenters. The third-order valence-electron chi connectivity index (χ3n) is 6.36. The predicted molar refractivity (Wildman–Crippen MR) is 111 cm³/mol. The van der Waals surface area contributed by atoms with Gasteiger partial charge in [-0.15, -0.1) is 0 Å². The van der Waals surface area contributed by atoms with Crippen LogP contribution in [0.3, 0.4) is 0 Å². The molecular weight excluding hydrogens is 788 g/mol. The molecule has 0 saturated heterocycles. The summed E-state index contributed by atoms with van der Waals surface area (Å²) < 4.78 is 314. The predicted octanol–water partition coefficient (Wildman–Crippen LogP) is 6.85. The van der Waals surface area contributed by atoms with E-state index in [0.29, 0.717) is 0 Å². The largest absolute Gasteiger partial charge is 0.426 e. The fourth-order valence-corrected chi connectivity index (χ4v) is 3.39. The molecule has 30 heteroatoms. The minimum absolute atomic E-state index is 2.23. The first-order valence-corrected chi connectivity index (χ1v) is 11.8. The molecule has 50 heavy (non-hydrogen) atoms. The van der Waals surface area contributed by atoms with Crippen molar-refractivity contribution in [3.63, 3.8) is 0 Å². The molecule has 4 N–H and O–H groups in total. The quantitative estimate of drug-likeness (QED) is 0.104. The molecule has 0 fully saturated rings. The zero-order valence-electron chi connectivity index (χ0n) is 23.0. The minimum Gasteiger partial charge on any atom is -0.373 e. The van der Waals surface area contributed by atoms with E-state index in [1.807, 2.05) is 0 Å². The van der Waals surface area contributed by atoms with Crippen LogP contribution in [0.1, 0.15) is 25.7 Å². The summed E-state index contributed by atoms with van der Waals surface area (Å²) in [6.07, 6.45) is -70.6. The number of hydrogen-bond donors (Lipinski definition) is 4. The standard InChI is InChI=1S/C20H16F24N2O4/c21-13(22,23)9(47,14(24,25)26)3-7(4-10(48,15(27,28)29)16(30,31)32)45-1-2-46-8(5-11(49,17(33,34)35)18(36,37)38)6-12(50,19(39,40)41)20(42,43)44/h47-50H,1-6H2. The van der Waals surface area contributed by atoms with Gasteiger partial charge >= 0.3 is 49.4 Å². The third-order valence-corrected chi connectivity index (χ3v) is 6.36. The molecule has 0 amide bonds. The normalized spacial score (nSPS) is 15.7. The van der Waals surface area contributed by atoms with Gasteiger partial charge in [-0.25, -0.2) is 0 Å². The number of aliphatic imine (C=N–C) groups is 2. The van der Waals surface area contributed by atoms with Crippen LogP contribution in [0.25, 0.3) is 0 Å². The summed E-state index contributed by atoms with van der Waals surface area (Å²) >= 11 is 0. The summed E-state index contributed by atoms with van der Waals surface area (Å²) in [6.45, 7) is -4.47. The lowest BCUT2D eigenvalue weighted by Gasteiger charge is -2.36. The van der Waals surface area contributed by atoms with Gasteiger partial charge in [0.05, 0.1) is 13.1 Å². The Bertz CT molecular complexity index is 978. The van der Waals surface area contributed by atoms with Gasteiger partial charge in [-0.1, -0.05) is 0 Å². The van der Waals surface area contributed by atoms with E-state index >= 15 is 0 Å². The van der Waals surface area contributed by atoms with E-state index < -0.39 is 122 Å². The van der Waals surface area contributed by atoms with E-state index in [2.05, 4.69) is 9.98 Å². The summed E-state index contributed by atoms with van der Waals surface area (Å²) in [7, 11) is 0. The maximum Gasteiger partial charge on any atom is 0.426 e. The van der Waals surface area contributed by atoms with Gasteiger partial charge in [0.15, 0.2) is 0 Å². The molecule has 0 bridgehead atoms. The fraction of sp³-hybridized carbons (Fsp3) is 0.900. The lowest BCUT2D eigenvalue weighted by molar-refractivity contribution is -0.370. The van der Waals surface area contributed by atoms with Crippen molar-refractivity contribution in [1.29, 1.82) is 0 Å². The second-order valence-electron chi connectivity index (χ2n) is 10.0. The molecule has 0 aliphatic heterocycles. The van der Waals surface area contributed by atoms with Crippen LogP contribution >= 0.6 is 0 Å². The number of halogens is 24. The van der Waals surface area contributed by atoms with E-state index in [0.717, 1.165) is 0 Å². The van der Waals surface area contributed by atoms with Crippen molar-refractivity contribution in [3.8, 4) is 0 Å². The third kappa shape index (κ3) is 9.68. The molecule has 6 nitrogen and oxygen atoms in total. The first-order chi connectivity index (χ1) is 21.4. The number of hydrogen-bond acceptors (Lipinski definition) is 6. The highest BCUT2D eigenvalue weighted by Crippen LogP contribution is 2.51. The van der Waals surface area contributed by atoms with Crippen molar-refractivity contribution >= 4 is 11.4 Å². The summed E-state index contributed by atoms with van der Waals surface area (Å²) in [6, 6.07) is 0. The Morgan fingerprint density at radius 1 is 0.280 bits per heavy atom. The van der Waals surface area contributed by atoms with E-state index in [4.69, 9.17) is 0 Å². The van der Waals surface area contributed by atoms with E-state index in [1.165, 1.54) is 0 Å². The van der Waals surface area contributed by atoms with Crippen LogP contribution < -0.4 is 0 Å². The van der Waals surface area contributed by atoms with Gasteiger partial charge in [-0.05, 0) is 0 Å². The minimum atomic E-state index is -7.06. The van der Waals surface area contributed by atoms with Crippen LogP contribution in [0.5, 0.6) is 0 Å². The highest BCUT2D eigenvalue weighted by molar-refractivity contribution is 5.88. The molecule has 0 aliphatic carbocycles. The Hall–Kier alpha value is -2.50. The van der Waals surface area contributed by atoms with Crippen LogP contribution in [-0.2, 0) is 0 Å². The molecule has 0 saturated carbocycles. The Morgan fingerprint density at radius 2 is 0.400 bits per heavy atom. The van der Waals surface area contributed by atoms with Gasteiger partial charge in [0.25, 0.3) is 22.4 Å². The number of rotatable bonds is 11. The van der Waals surface area contributed by atoms with Gasteiger partial charge in [-0.3, -0.25) is 9.98 Å².